The monoisotopic (exact) mass is 262 g/mol. The predicted octanol–water partition coefficient (Wildman–Crippen LogP) is 0.582. The molecule has 0 spiro atoms. The summed E-state index contributed by atoms with van der Waals surface area (Å²) in [5.41, 5.74) is 0. The van der Waals surface area contributed by atoms with Gasteiger partial charge in [-0.15, -0.1) is 0 Å². The summed E-state index contributed by atoms with van der Waals surface area (Å²) in [6.07, 6.45) is 0.655. The van der Waals surface area contributed by atoms with Crippen LogP contribution in [0.15, 0.2) is 0 Å². The largest absolute Gasteiger partial charge is 0.334 e. The van der Waals surface area contributed by atoms with Crippen molar-refractivity contribution in [3.63, 3.8) is 0 Å². The molecule has 5 nitrogen and oxygen atoms in total. The van der Waals surface area contributed by atoms with Crippen LogP contribution in [0, 0.1) is 0 Å². The van der Waals surface area contributed by atoms with Gasteiger partial charge in [0.15, 0.2) is 0 Å². The van der Waals surface area contributed by atoms with Crippen molar-refractivity contribution in [2.45, 2.75) is 13.3 Å². The molecule has 78 valence electrons. The fourth-order valence-corrected chi connectivity index (χ4v) is 1.50. The summed E-state index contributed by atoms with van der Waals surface area (Å²) in [5.74, 6) is -1.43. The number of nitrogens with zero attached hydrogens (tertiary/aromatic N) is 2. The lowest BCUT2D eigenvalue weighted by atomic mass is 10.4. The molecule has 1 saturated heterocycles. The maximum absolute atomic E-state index is 11.5. The normalized spacial score (nSPS) is 17.1. The van der Waals surface area contributed by atoms with Crippen molar-refractivity contribution in [3.8, 4) is 0 Å². The van der Waals surface area contributed by atoms with E-state index in [1.165, 1.54) is 0 Å². The van der Waals surface area contributed by atoms with Crippen LogP contribution >= 0.6 is 15.9 Å². The Hall–Kier alpha value is -0.910. The van der Waals surface area contributed by atoms with Crippen LogP contribution in [0.1, 0.15) is 13.3 Å². The minimum atomic E-state index is -0.716. The van der Waals surface area contributed by atoms with Gasteiger partial charge >= 0.3 is 17.8 Å². The molecule has 0 aromatic heterocycles. The smallest absolute Gasteiger partial charge is 0.263 e. The first-order chi connectivity index (χ1) is 6.63. The summed E-state index contributed by atoms with van der Waals surface area (Å²) in [7, 11) is 0. The SMILES string of the molecule is CCN1C(=O)C(=O)N(CCCBr)C1=O. The lowest BCUT2D eigenvalue weighted by Gasteiger charge is -2.12. The first-order valence-electron chi connectivity index (χ1n) is 4.36. The third-order valence-electron chi connectivity index (χ3n) is 1.97. The number of urea groups is 1. The molecule has 1 fully saturated rings. The zero-order chi connectivity index (χ0) is 10.7. The van der Waals surface area contributed by atoms with Crippen LogP contribution in [0.25, 0.3) is 0 Å². The van der Waals surface area contributed by atoms with Gasteiger partial charge in [-0.25, -0.2) is 4.79 Å². The lowest BCUT2D eigenvalue weighted by molar-refractivity contribution is -0.143. The molecule has 14 heavy (non-hydrogen) atoms. The molecule has 0 radical (unpaired) electrons. The molecular weight excluding hydrogens is 252 g/mol. The molecule has 1 aliphatic rings. The summed E-state index contributed by atoms with van der Waals surface area (Å²) in [6, 6.07) is -0.497. The number of carbonyl (C=O) groups is 3. The van der Waals surface area contributed by atoms with Crippen LogP contribution in [0.3, 0.4) is 0 Å². The predicted molar refractivity (Wildman–Crippen MR) is 52.9 cm³/mol. The second kappa shape index (κ2) is 4.54. The number of rotatable bonds is 4. The molecular formula is C8H11BrN2O3. The number of hydrogen-bond donors (Lipinski definition) is 0. The maximum atomic E-state index is 11.5. The van der Waals surface area contributed by atoms with E-state index in [0.717, 1.165) is 9.80 Å². The van der Waals surface area contributed by atoms with E-state index in [4.69, 9.17) is 0 Å². The van der Waals surface area contributed by atoms with Gasteiger partial charge in [0.1, 0.15) is 0 Å². The van der Waals surface area contributed by atoms with Crippen LogP contribution in [0.4, 0.5) is 4.79 Å². The van der Waals surface area contributed by atoms with Gasteiger partial charge in [0, 0.05) is 18.4 Å². The molecule has 1 heterocycles. The molecule has 1 aliphatic heterocycles. The van der Waals surface area contributed by atoms with Crippen molar-refractivity contribution in [1.82, 2.24) is 9.80 Å². The topological polar surface area (TPSA) is 57.7 Å². The van der Waals surface area contributed by atoms with E-state index in [9.17, 15) is 14.4 Å². The highest BCUT2D eigenvalue weighted by atomic mass is 79.9. The Morgan fingerprint density at radius 3 is 2.14 bits per heavy atom. The van der Waals surface area contributed by atoms with Gasteiger partial charge in [-0.05, 0) is 13.3 Å². The first kappa shape index (κ1) is 11.2. The number of alkyl halides is 1. The Bertz CT molecular complexity index is 280. The number of halogens is 1. The van der Waals surface area contributed by atoms with Crippen LogP contribution in [0.2, 0.25) is 0 Å². The average molecular weight is 263 g/mol. The summed E-state index contributed by atoms with van der Waals surface area (Å²) in [4.78, 5) is 35.9. The van der Waals surface area contributed by atoms with Gasteiger partial charge in [-0.3, -0.25) is 19.4 Å². The fourth-order valence-electron chi connectivity index (χ4n) is 1.24. The third kappa shape index (κ3) is 1.79. The average Bonchev–Trinajstić information content (AvgIpc) is 2.37. The van der Waals surface area contributed by atoms with E-state index < -0.39 is 17.8 Å². The summed E-state index contributed by atoms with van der Waals surface area (Å²) in [5, 5.41) is 0.699. The lowest BCUT2D eigenvalue weighted by Crippen LogP contribution is -2.34. The van der Waals surface area contributed by atoms with Crippen molar-refractivity contribution in [2.75, 3.05) is 18.4 Å². The molecule has 0 aromatic carbocycles. The van der Waals surface area contributed by atoms with Crippen LogP contribution < -0.4 is 0 Å². The second-order valence-corrected chi connectivity index (χ2v) is 3.62. The Morgan fingerprint density at radius 2 is 1.71 bits per heavy atom. The molecule has 0 bridgehead atoms. The minimum absolute atomic E-state index is 0.244. The van der Waals surface area contributed by atoms with Gasteiger partial charge in [-0.1, -0.05) is 15.9 Å². The highest BCUT2D eigenvalue weighted by Gasteiger charge is 2.42. The van der Waals surface area contributed by atoms with Gasteiger partial charge in [0.25, 0.3) is 0 Å². The van der Waals surface area contributed by atoms with E-state index in [2.05, 4.69) is 15.9 Å². The summed E-state index contributed by atoms with van der Waals surface area (Å²) >= 11 is 3.20. The molecule has 1 rings (SSSR count). The van der Waals surface area contributed by atoms with E-state index in [1.54, 1.807) is 6.92 Å². The number of carbonyl (C=O) groups excluding carboxylic acids is 3. The van der Waals surface area contributed by atoms with Gasteiger partial charge in [0.05, 0.1) is 0 Å². The molecule has 0 atom stereocenters. The van der Waals surface area contributed by atoms with Crippen molar-refractivity contribution >= 4 is 33.8 Å². The zero-order valence-electron chi connectivity index (χ0n) is 7.83. The highest BCUT2D eigenvalue weighted by Crippen LogP contribution is 2.11. The van der Waals surface area contributed by atoms with E-state index in [-0.39, 0.29) is 6.54 Å². The Kier molecular flexibility index (Phi) is 3.62. The number of hydrogen-bond acceptors (Lipinski definition) is 3. The quantitative estimate of drug-likeness (QED) is 0.423. The second-order valence-electron chi connectivity index (χ2n) is 2.83. The molecule has 0 aromatic rings. The van der Waals surface area contributed by atoms with Gasteiger partial charge in [-0.2, -0.15) is 0 Å². The molecule has 4 amide bonds. The van der Waals surface area contributed by atoms with Crippen LogP contribution in [-0.4, -0.2) is 46.1 Å². The van der Waals surface area contributed by atoms with Gasteiger partial charge in [0.2, 0.25) is 0 Å². The van der Waals surface area contributed by atoms with Crippen molar-refractivity contribution in [2.24, 2.45) is 0 Å². The standard InChI is InChI=1S/C8H11BrN2O3/c1-2-10-6(12)7(13)11(8(10)14)5-3-4-9/h2-5H2,1H3. The van der Waals surface area contributed by atoms with Crippen molar-refractivity contribution in [3.05, 3.63) is 0 Å². The molecule has 0 aliphatic carbocycles. The minimum Gasteiger partial charge on any atom is -0.263 e. The van der Waals surface area contributed by atoms with E-state index in [1.807, 2.05) is 0 Å². The fraction of sp³-hybridized carbons (Fsp3) is 0.625. The summed E-state index contributed by atoms with van der Waals surface area (Å²) in [6.45, 7) is 2.20. The number of likely N-dealkylation sites (N-methyl/N-ethyl adjacent to an activating group) is 1. The zero-order valence-corrected chi connectivity index (χ0v) is 9.41. The van der Waals surface area contributed by atoms with Crippen molar-refractivity contribution < 1.29 is 14.4 Å². The molecule has 6 heteroatoms. The summed E-state index contributed by atoms with van der Waals surface area (Å²) < 4.78 is 0. The highest BCUT2D eigenvalue weighted by molar-refractivity contribution is 9.09. The molecule has 0 unspecified atom stereocenters. The van der Waals surface area contributed by atoms with E-state index in [0.29, 0.717) is 18.3 Å². The molecule has 0 saturated carbocycles. The van der Waals surface area contributed by atoms with Crippen molar-refractivity contribution in [1.29, 1.82) is 0 Å². The molecule has 0 N–H and O–H groups in total. The van der Waals surface area contributed by atoms with Crippen LogP contribution in [-0.2, 0) is 9.59 Å². The Morgan fingerprint density at radius 1 is 1.14 bits per heavy atom. The maximum Gasteiger partial charge on any atom is 0.334 e. The Balaban J connectivity index is 2.74. The Labute approximate surface area is 90.2 Å². The first-order valence-corrected chi connectivity index (χ1v) is 5.49. The third-order valence-corrected chi connectivity index (χ3v) is 2.53. The van der Waals surface area contributed by atoms with Gasteiger partial charge < -0.3 is 0 Å². The number of imide groups is 2. The number of amides is 4. The van der Waals surface area contributed by atoms with Crippen LogP contribution in [0.5, 0.6) is 0 Å². The van der Waals surface area contributed by atoms with E-state index >= 15 is 0 Å².